The molecule has 20 heavy (non-hydrogen) atoms. The summed E-state index contributed by atoms with van der Waals surface area (Å²) in [4.78, 5) is 11.1. The lowest BCUT2D eigenvalue weighted by atomic mass is 10.1. The molecule has 3 aromatic rings. The van der Waals surface area contributed by atoms with Crippen LogP contribution in [0.4, 0.5) is 0 Å². The molecule has 0 aliphatic carbocycles. The van der Waals surface area contributed by atoms with Crippen LogP contribution in [0.3, 0.4) is 0 Å². The number of fused-ring (bicyclic) bond motifs is 1. The lowest BCUT2D eigenvalue weighted by molar-refractivity contribution is 0.100. The summed E-state index contributed by atoms with van der Waals surface area (Å²) in [5.41, 5.74) is 8.09. The number of hydrogen-bond acceptors (Lipinski definition) is 1. The molecular weight excluding hydrogens is 316 g/mol. The molecular formula is C16H13BrN2O. The number of amides is 1. The van der Waals surface area contributed by atoms with E-state index >= 15 is 0 Å². The number of halogens is 1. The van der Waals surface area contributed by atoms with Crippen molar-refractivity contribution >= 4 is 32.7 Å². The van der Waals surface area contributed by atoms with Gasteiger partial charge in [-0.1, -0.05) is 34.1 Å². The number of nitrogens with two attached hydrogens (primary N) is 1. The van der Waals surface area contributed by atoms with Crippen molar-refractivity contribution in [3.8, 4) is 0 Å². The molecule has 1 amide bonds. The van der Waals surface area contributed by atoms with Gasteiger partial charge in [0.15, 0.2) is 0 Å². The van der Waals surface area contributed by atoms with Gasteiger partial charge in [0.2, 0.25) is 5.91 Å². The molecule has 3 rings (SSSR count). The Balaban J connectivity index is 1.93. The fourth-order valence-electron chi connectivity index (χ4n) is 2.29. The van der Waals surface area contributed by atoms with E-state index in [0.717, 1.165) is 16.6 Å². The van der Waals surface area contributed by atoms with Crippen molar-refractivity contribution in [2.24, 2.45) is 5.73 Å². The van der Waals surface area contributed by atoms with E-state index < -0.39 is 5.91 Å². The van der Waals surface area contributed by atoms with Crippen molar-refractivity contribution < 1.29 is 4.79 Å². The second-order valence-corrected chi connectivity index (χ2v) is 5.53. The number of nitrogens with zero attached hydrogens (tertiary/aromatic N) is 1. The van der Waals surface area contributed by atoms with Crippen LogP contribution < -0.4 is 5.73 Å². The number of rotatable bonds is 3. The third kappa shape index (κ3) is 2.34. The Morgan fingerprint density at radius 1 is 1.10 bits per heavy atom. The first kappa shape index (κ1) is 12.9. The molecule has 0 spiro atoms. The zero-order valence-corrected chi connectivity index (χ0v) is 12.3. The molecule has 0 radical (unpaired) electrons. The van der Waals surface area contributed by atoms with Gasteiger partial charge in [-0.2, -0.15) is 0 Å². The van der Waals surface area contributed by atoms with Crippen molar-refractivity contribution in [2.75, 3.05) is 0 Å². The van der Waals surface area contributed by atoms with Crippen molar-refractivity contribution in [2.45, 2.75) is 6.54 Å². The fourth-order valence-corrected chi connectivity index (χ4v) is 2.78. The van der Waals surface area contributed by atoms with Gasteiger partial charge in [0.1, 0.15) is 0 Å². The molecule has 0 unspecified atom stereocenters. The van der Waals surface area contributed by atoms with Gasteiger partial charge in [0, 0.05) is 33.7 Å². The van der Waals surface area contributed by atoms with Crippen molar-refractivity contribution in [1.29, 1.82) is 0 Å². The topological polar surface area (TPSA) is 48.0 Å². The monoisotopic (exact) mass is 328 g/mol. The molecule has 0 fully saturated rings. The second-order valence-electron chi connectivity index (χ2n) is 4.68. The van der Waals surface area contributed by atoms with E-state index in [1.165, 1.54) is 10.9 Å². The van der Waals surface area contributed by atoms with E-state index in [1.54, 1.807) is 12.1 Å². The fraction of sp³-hybridized carbons (Fsp3) is 0.0625. The smallest absolute Gasteiger partial charge is 0.248 e. The van der Waals surface area contributed by atoms with Gasteiger partial charge in [-0.05, 0) is 35.9 Å². The molecule has 0 atom stereocenters. The highest BCUT2D eigenvalue weighted by atomic mass is 79.9. The van der Waals surface area contributed by atoms with E-state index in [2.05, 4.69) is 38.8 Å². The van der Waals surface area contributed by atoms with Gasteiger partial charge < -0.3 is 10.3 Å². The van der Waals surface area contributed by atoms with Crippen molar-refractivity contribution in [1.82, 2.24) is 4.57 Å². The Kier molecular flexibility index (Phi) is 3.32. The summed E-state index contributed by atoms with van der Waals surface area (Å²) in [7, 11) is 0. The number of hydrogen-bond donors (Lipinski definition) is 1. The van der Waals surface area contributed by atoms with Crippen LogP contribution in [-0.2, 0) is 6.54 Å². The van der Waals surface area contributed by atoms with Gasteiger partial charge in [0.05, 0.1) is 0 Å². The molecule has 1 aromatic heterocycles. The van der Waals surface area contributed by atoms with Gasteiger partial charge in [-0.3, -0.25) is 4.79 Å². The maximum atomic E-state index is 11.1. The molecule has 1 heterocycles. The molecule has 100 valence electrons. The average molecular weight is 329 g/mol. The maximum Gasteiger partial charge on any atom is 0.248 e. The van der Waals surface area contributed by atoms with E-state index in [9.17, 15) is 4.79 Å². The Hall–Kier alpha value is -2.07. The Labute approximate surface area is 125 Å². The van der Waals surface area contributed by atoms with Gasteiger partial charge >= 0.3 is 0 Å². The van der Waals surface area contributed by atoms with Crippen molar-refractivity contribution in [3.63, 3.8) is 0 Å². The predicted molar refractivity (Wildman–Crippen MR) is 83.7 cm³/mol. The first-order valence-electron chi connectivity index (χ1n) is 6.27. The number of carbonyl (C=O) groups is 1. The zero-order valence-electron chi connectivity index (χ0n) is 10.7. The summed E-state index contributed by atoms with van der Waals surface area (Å²) in [6, 6.07) is 15.6. The number of carbonyl (C=O) groups excluding carboxylic acids is 1. The maximum absolute atomic E-state index is 11.1. The van der Waals surface area contributed by atoms with Crippen LogP contribution in [0.2, 0.25) is 0 Å². The third-order valence-electron chi connectivity index (χ3n) is 3.35. The number of aromatic nitrogens is 1. The standard InChI is InChI=1S/C16H13BrN2O/c17-14-2-1-3-15-13(14)8-9-19(15)10-11-4-6-12(7-5-11)16(18)20/h1-9H,10H2,(H2,18,20). The summed E-state index contributed by atoms with van der Waals surface area (Å²) >= 11 is 3.56. The minimum absolute atomic E-state index is 0.396. The number of primary amides is 1. The second kappa shape index (κ2) is 5.13. The first-order valence-corrected chi connectivity index (χ1v) is 7.06. The van der Waals surface area contributed by atoms with Gasteiger partial charge in [-0.15, -0.1) is 0 Å². The molecule has 0 saturated carbocycles. The molecule has 0 saturated heterocycles. The molecule has 0 aliphatic rings. The Morgan fingerprint density at radius 3 is 2.55 bits per heavy atom. The zero-order chi connectivity index (χ0) is 14.1. The highest BCUT2D eigenvalue weighted by Crippen LogP contribution is 2.25. The van der Waals surface area contributed by atoms with E-state index in [-0.39, 0.29) is 0 Å². The van der Waals surface area contributed by atoms with Crippen molar-refractivity contribution in [3.05, 3.63) is 70.3 Å². The first-order chi connectivity index (χ1) is 9.65. The summed E-state index contributed by atoms with van der Waals surface area (Å²) in [6.45, 7) is 0.763. The summed E-state index contributed by atoms with van der Waals surface area (Å²) in [5.74, 6) is -0.396. The summed E-state index contributed by atoms with van der Waals surface area (Å²) in [6.07, 6.45) is 2.07. The molecule has 3 nitrogen and oxygen atoms in total. The van der Waals surface area contributed by atoms with Crippen LogP contribution in [0, 0.1) is 0 Å². The predicted octanol–water partition coefficient (Wildman–Crippen LogP) is 3.55. The van der Waals surface area contributed by atoms with Crippen LogP contribution in [-0.4, -0.2) is 10.5 Å². The van der Waals surface area contributed by atoms with E-state index in [0.29, 0.717) is 5.56 Å². The lowest BCUT2D eigenvalue weighted by Gasteiger charge is -2.06. The van der Waals surface area contributed by atoms with Crippen LogP contribution in [0.15, 0.2) is 59.2 Å². The molecule has 0 aliphatic heterocycles. The highest BCUT2D eigenvalue weighted by molar-refractivity contribution is 9.10. The van der Waals surface area contributed by atoms with Crippen LogP contribution in [0.5, 0.6) is 0 Å². The lowest BCUT2D eigenvalue weighted by Crippen LogP contribution is -2.10. The minimum atomic E-state index is -0.396. The molecule has 2 aromatic carbocycles. The van der Waals surface area contributed by atoms with Crippen LogP contribution >= 0.6 is 15.9 Å². The van der Waals surface area contributed by atoms with Crippen LogP contribution in [0.25, 0.3) is 10.9 Å². The number of benzene rings is 2. The highest BCUT2D eigenvalue weighted by Gasteiger charge is 2.05. The average Bonchev–Trinajstić information content (AvgIpc) is 2.84. The quantitative estimate of drug-likeness (QED) is 0.785. The Morgan fingerprint density at radius 2 is 1.85 bits per heavy atom. The van der Waals surface area contributed by atoms with E-state index in [4.69, 9.17) is 5.73 Å². The summed E-state index contributed by atoms with van der Waals surface area (Å²) < 4.78 is 3.28. The van der Waals surface area contributed by atoms with E-state index in [1.807, 2.05) is 24.3 Å². The Bertz CT molecular complexity index is 775. The third-order valence-corrected chi connectivity index (χ3v) is 4.04. The van der Waals surface area contributed by atoms with Gasteiger partial charge in [-0.25, -0.2) is 0 Å². The normalized spacial score (nSPS) is 10.8. The molecule has 4 heteroatoms. The molecule has 0 bridgehead atoms. The molecule has 2 N–H and O–H groups in total. The van der Waals surface area contributed by atoms with Gasteiger partial charge in [0.25, 0.3) is 0 Å². The van der Waals surface area contributed by atoms with Crippen LogP contribution in [0.1, 0.15) is 15.9 Å². The minimum Gasteiger partial charge on any atom is -0.366 e. The SMILES string of the molecule is NC(=O)c1ccc(Cn2ccc3c(Br)cccc32)cc1. The summed E-state index contributed by atoms with van der Waals surface area (Å²) in [5, 5.41) is 1.20. The largest absolute Gasteiger partial charge is 0.366 e.